The highest BCUT2D eigenvalue weighted by Crippen LogP contribution is 2.41. The van der Waals surface area contributed by atoms with Crippen molar-refractivity contribution in [3.8, 4) is 16.9 Å². The summed E-state index contributed by atoms with van der Waals surface area (Å²) >= 11 is 6.37. The Labute approximate surface area is 237 Å². The van der Waals surface area contributed by atoms with Gasteiger partial charge in [0, 0.05) is 71.8 Å². The van der Waals surface area contributed by atoms with Crippen molar-refractivity contribution in [3.05, 3.63) is 112 Å². The number of nitrogens with one attached hydrogen (secondary N) is 2. The summed E-state index contributed by atoms with van der Waals surface area (Å²) in [5.41, 5.74) is 6.94. The number of phenols is 1. The summed E-state index contributed by atoms with van der Waals surface area (Å²) in [5.74, 6) is -0.0136. The van der Waals surface area contributed by atoms with Crippen molar-refractivity contribution >= 4 is 34.2 Å². The molecule has 2 aliphatic heterocycles. The zero-order valence-electron chi connectivity index (χ0n) is 21.8. The molecule has 8 heteroatoms. The highest BCUT2D eigenvalue weighted by Gasteiger charge is 2.37. The Morgan fingerprint density at radius 3 is 2.52 bits per heavy atom. The Kier molecular flexibility index (Phi) is 6.18. The smallest absolute Gasteiger partial charge is 0.255 e. The second kappa shape index (κ2) is 10.0. The minimum atomic E-state index is -0.574. The Morgan fingerprint density at radius 2 is 1.73 bits per heavy atom. The largest absolute Gasteiger partial charge is 0.508 e. The average Bonchev–Trinajstić information content (AvgIpc) is 3.56. The predicted molar refractivity (Wildman–Crippen MR) is 158 cm³/mol. The van der Waals surface area contributed by atoms with E-state index in [0.717, 1.165) is 59.6 Å². The first-order chi connectivity index (χ1) is 19.5. The number of H-pyrrole nitrogens is 1. The highest BCUT2D eigenvalue weighted by molar-refractivity contribution is 6.30. The fourth-order valence-corrected chi connectivity index (χ4v) is 6.05. The Hall–Kier alpha value is -4.33. The Morgan fingerprint density at radius 1 is 0.925 bits per heavy atom. The van der Waals surface area contributed by atoms with Crippen LogP contribution in [0.3, 0.4) is 0 Å². The summed E-state index contributed by atoms with van der Waals surface area (Å²) < 4.78 is 0. The van der Waals surface area contributed by atoms with Gasteiger partial charge >= 0.3 is 0 Å². The number of aromatic amines is 1. The number of aromatic hydroxyl groups is 1. The number of anilines is 1. The molecule has 2 aliphatic rings. The fourth-order valence-electron chi connectivity index (χ4n) is 5.87. The minimum Gasteiger partial charge on any atom is -0.508 e. The van der Waals surface area contributed by atoms with E-state index in [2.05, 4.69) is 50.5 Å². The summed E-state index contributed by atoms with van der Waals surface area (Å²) in [4.78, 5) is 26.0. The molecular weight excluding hydrogens is 522 g/mol. The van der Waals surface area contributed by atoms with E-state index in [4.69, 9.17) is 11.6 Å². The van der Waals surface area contributed by atoms with Crippen LogP contribution in [-0.4, -0.2) is 52.1 Å². The number of piperazine rings is 1. The van der Waals surface area contributed by atoms with E-state index < -0.39 is 6.04 Å². The zero-order valence-corrected chi connectivity index (χ0v) is 22.5. The molecule has 1 unspecified atom stereocenters. The highest BCUT2D eigenvalue weighted by atomic mass is 35.5. The van der Waals surface area contributed by atoms with Crippen LogP contribution in [0.2, 0.25) is 5.02 Å². The van der Waals surface area contributed by atoms with Gasteiger partial charge in [0.2, 0.25) is 0 Å². The van der Waals surface area contributed by atoms with Gasteiger partial charge in [-0.15, -0.1) is 0 Å². The fraction of sp³-hybridized carbons (Fsp3) is 0.188. The molecule has 0 spiro atoms. The van der Waals surface area contributed by atoms with E-state index in [1.165, 1.54) is 5.69 Å². The maximum atomic E-state index is 14.0. The summed E-state index contributed by atoms with van der Waals surface area (Å²) in [6, 6.07) is 24.9. The third kappa shape index (κ3) is 4.37. The van der Waals surface area contributed by atoms with Gasteiger partial charge in [0.25, 0.3) is 5.91 Å². The van der Waals surface area contributed by atoms with Gasteiger partial charge in [-0.3, -0.25) is 4.79 Å². The molecule has 40 heavy (non-hydrogen) atoms. The average molecular weight is 550 g/mol. The molecule has 1 atom stereocenters. The van der Waals surface area contributed by atoms with E-state index in [0.29, 0.717) is 22.7 Å². The van der Waals surface area contributed by atoms with Crippen molar-refractivity contribution in [1.29, 1.82) is 0 Å². The second-order valence-electron chi connectivity index (χ2n) is 10.4. The molecule has 3 N–H and O–H groups in total. The molecule has 0 aliphatic carbocycles. The first-order valence-electron chi connectivity index (χ1n) is 13.5. The zero-order chi connectivity index (χ0) is 27.2. The minimum absolute atomic E-state index is 0.0787. The van der Waals surface area contributed by atoms with Gasteiger partial charge in [-0.1, -0.05) is 35.9 Å². The number of carbonyl (C=O) groups is 1. The standard InChI is InChI=1S/C32H28ClN5O2/c33-24-7-10-29(39)27(18-24)30(28-17-22-2-1-11-35-31(22)36-28)38-19-23-4-3-21(16-26(23)32(38)40)20-5-8-25(9-6-20)37-14-12-34-13-15-37/h1-11,16-18,30,34,39H,12-15,19H2,(H,35,36). The summed E-state index contributed by atoms with van der Waals surface area (Å²) in [6.07, 6.45) is 1.73. The number of benzene rings is 3. The molecule has 7 nitrogen and oxygen atoms in total. The van der Waals surface area contributed by atoms with Crippen molar-refractivity contribution in [2.45, 2.75) is 12.6 Å². The maximum absolute atomic E-state index is 14.0. The first-order valence-corrected chi connectivity index (χ1v) is 13.8. The van der Waals surface area contributed by atoms with Crippen LogP contribution in [0.1, 0.15) is 33.2 Å². The molecule has 5 aromatic rings. The van der Waals surface area contributed by atoms with Crippen LogP contribution < -0.4 is 10.2 Å². The number of phenolic OH excluding ortho intramolecular Hbond substituents is 1. The predicted octanol–water partition coefficient (Wildman–Crippen LogP) is 5.74. The van der Waals surface area contributed by atoms with Gasteiger partial charge in [-0.05, 0) is 71.3 Å². The summed E-state index contributed by atoms with van der Waals surface area (Å²) in [7, 11) is 0. The molecule has 4 heterocycles. The molecule has 1 fully saturated rings. The van der Waals surface area contributed by atoms with Crippen LogP contribution in [0.15, 0.2) is 85.1 Å². The molecule has 0 bridgehead atoms. The quantitative estimate of drug-likeness (QED) is 0.260. The van der Waals surface area contributed by atoms with Gasteiger partial charge in [0.15, 0.2) is 0 Å². The Balaban J connectivity index is 1.24. The number of nitrogens with zero attached hydrogens (tertiary/aromatic N) is 3. The van der Waals surface area contributed by atoms with Gasteiger partial charge in [0.05, 0.1) is 0 Å². The number of aromatic nitrogens is 2. The van der Waals surface area contributed by atoms with Crippen molar-refractivity contribution < 1.29 is 9.90 Å². The number of amides is 1. The lowest BCUT2D eigenvalue weighted by Crippen LogP contribution is -2.43. The summed E-state index contributed by atoms with van der Waals surface area (Å²) in [5, 5.41) is 15.7. The molecule has 0 saturated carbocycles. The normalized spacial score (nSPS) is 16.0. The summed E-state index contributed by atoms with van der Waals surface area (Å²) in [6.45, 7) is 4.40. The number of rotatable bonds is 5. The number of hydrogen-bond donors (Lipinski definition) is 3. The van der Waals surface area contributed by atoms with Crippen molar-refractivity contribution in [2.24, 2.45) is 0 Å². The van der Waals surface area contributed by atoms with Crippen LogP contribution >= 0.6 is 11.6 Å². The number of carbonyl (C=O) groups excluding carboxylic acids is 1. The lowest BCUT2D eigenvalue weighted by Gasteiger charge is -2.29. The van der Waals surface area contributed by atoms with E-state index >= 15 is 0 Å². The second-order valence-corrected chi connectivity index (χ2v) is 10.8. The van der Waals surface area contributed by atoms with E-state index in [1.54, 1.807) is 29.3 Å². The molecule has 1 amide bonds. The van der Waals surface area contributed by atoms with Crippen LogP contribution in [-0.2, 0) is 6.54 Å². The number of hydrogen-bond acceptors (Lipinski definition) is 5. The molecule has 200 valence electrons. The van der Waals surface area contributed by atoms with Gasteiger partial charge in [-0.25, -0.2) is 4.98 Å². The van der Waals surface area contributed by atoms with E-state index in [-0.39, 0.29) is 11.7 Å². The molecule has 2 aromatic heterocycles. The van der Waals surface area contributed by atoms with Crippen LogP contribution in [0, 0.1) is 0 Å². The van der Waals surface area contributed by atoms with E-state index in [1.807, 2.05) is 30.3 Å². The first kappa shape index (κ1) is 24.7. The number of halogens is 1. The third-order valence-corrected chi connectivity index (χ3v) is 8.16. The Bertz CT molecular complexity index is 1690. The van der Waals surface area contributed by atoms with E-state index in [9.17, 15) is 9.90 Å². The lowest BCUT2D eigenvalue weighted by atomic mass is 10.00. The van der Waals surface area contributed by atoms with Crippen molar-refractivity contribution in [2.75, 3.05) is 31.1 Å². The molecule has 7 rings (SSSR count). The molecular formula is C32H28ClN5O2. The van der Waals surface area contributed by atoms with Gasteiger partial charge < -0.3 is 25.2 Å². The van der Waals surface area contributed by atoms with Crippen molar-refractivity contribution in [3.63, 3.8) is 0 Å². The SMILES string of the molecule is O=C1c2cc(-c3ccc(N4CCNCC4)cc3)ccc2CN1C(c1cc2cccnc2[nH]1)c1cc(Cl)ccc1O. The topological polar surface area (TPSA) is 84.5 Å². The molecule has 0 radical (unpaired) electrons. The molecule has 1 saturated heterocycles. The maximum Gasteiger partial charge on any atom is 0.255 e. The van der Waals surface area contributed by atoms with Crippen LogP contribution in [0.25, 0.3) is 22.2 Å². The van der Waals surface area contributed by atoms with Gasteiger partial charge in [0.1, 0.15) is 17.4 Å². The van der Waals surface area contributed by atoms with Crippen molar-refractivity contribution in [1.82, 2.24) is 20.2 Å². The number of pyridine rings is 1. The van der Waals surface area contributed by atoms with Crippen LogP contribution in [0.5, 0.6) is 5.75 Å². The number of fused-ring (bicyclic) bond motifs is 2. The molecule has 3 aromatic carbocycles. The van der Waals surface area contributed by atoms with Crippen LogP contribution in [0.4, 0.5) is 5.69 Å². The monoisotopic (exact) mass is 549 g/mol. The van der Waals surface area contributed by atoms with Gasteiger partial charge in [-0.2, -0.15) is 0 Å². The lowest BCUT2D eigenvalue weighted by molar-refractivity contribution is 0.0727. The third-order valence-electron chi connectivity index (χ3n) is 7.93.